The number of rotatable bonds is 6. The summed E-state index contributed by atoms with van der Waals surface area (Å²) in [6.07, 6.45) is 4.59. The van der Waals surface area contributed by atoms with Gasteiger partial charge in [0.15, 0.2) is 0 Å². The topological polar surface area (TPSA) is 44.4 Å². The minimum absolute atomic E-state index is 0.0110. The van der Waals surface area contributed by atoms with Gasteiger partial charge in [0.2, 0.25) is 0 Å². The zero-order valence-electron chi connectivity index (χ0n) is 15.9. The van der Waals surface area contributed by atoms with E-state index in [1.807, 2.05) is 6.07 Å². The quantitative estimate of drug-likeness (QED) is 0.814. The highest BCUT2D eigenvalue weighted by molar-refractivity contribution is 5.74. The van der Waals surface area contributed by atoms with E-state index in [0.29, 0.717) is 6.04 Å². The summed E-state index contributed by atoms with van der Waals surface area (Å²) in [6, 6.07) is 19.7. The third-order valence-electron chi connectivity index (χ3n) is 5.64. The first-order valence-electron chi connectivity index (χ1n) is 10.2. The summed E-state index contributed by atoms with van der Waals surface area (Å²) >= 11 is 0. The third-order valence-corrected chi connectivity index (χ3v) is 5.64. The summed E-state index contributed by atoms with van der Waals surface area (Å²) in [5.74, 6) is 0.728. The first-order valence-corrected chi connectivity index (χ1v) is 10.2. The van der Waals surface area contributed by atoms with Gasteiger partial charge in [0.25, 0.3) is 0 Å². The molecule has 1 saturated heterocycles. The summed E-state index contributed by atoms with van der Waals surface area (Å²) in [4.78, 5) is 14.4. The van der Waals surface area contributed by atoms with Crippen LogP contribution in [0, 0.1) is 5.92 Å². The summed E-state index contributed by atoms with van der Waals surface area (Å²) in [7, 11) is 0. The average molecular weight is 364 g/mol. The van der Waals surface area contributed by atoms with E-state index in [2.05, 4.69) is 64.1 Å². The molecular weight excluding hydrogens is 334 g/mol. The van der Waals surface area contributed by atoms with E-state index in [-0.39, 0.29) is 6.03 Å². The first kappa shape index (κ1) is 18.1. The number of hydrogen-bond donors (Lipinski definition) is 2. The lowest BCUT2D eigenvalue weighted by molar-refractivity contribution is 0.186. The normalized spacial score (nSPS) is 18.2. The van der Waals surface area contributed by atoms with E-state index < -0.39 is 0 Å². The van der Waals surface area contributed by atoms with Crippen LogP contribution in [0.4, 0.5) is 4.79 Å². The molecule has 142 valence electrons. The zero-order chi connectivity index (χ0) is 18.5. The van der Waals surface area contributed by atoms with Crippen molar-refractivity contribution in [3.05, 3.63) is 60.2 Å². The molecule has 1 heterocycles. The molecule has 1 aliphatic carbocycles. The maximum absolute atomic E-state index is 11.9. The molecule has 27 heavy (non-hydrogen) atoms. The molecule has 0 radical (unpaired) electrons. The van der Waals surface area contributed by atoms with Gasteiger partial charge in [-0.2, -0.15) is 0 Å². The monoisotopic (exact) mass is 363 g/mol. The number of amides is 2. The summed E-state index contributed by atoms with van der Waals surface area (Å²) in [5, 5.41) is 6.13. The number of urea groups is 1. The van der Waals surface area contributed by atoms with Crippen LogP contribution in [0.15, 0.2) is 54.6 Å². The molecule has 0 atom stereocenters. The molecule has 2 amide bonds. The number of piperidine rings is 1. The Balaban J connectivity index is 1.21. The molecule has 2 aromatic rings. The molecule has 2 fully saturated rings. The molecule has 0 spiro atoms. The lowest BCUT2D eigenvalue weighted by atomic mass is 10.0. The Morgan fingerprint density at radius 2 is 1.56 bits per heavy atom. The van der Waals surface area contributed by atoms with Gasteiger partial charge in [-0.25, -0.2) is 4.79 Å². The van der Waals surface area contributed by atoms with Crippen LogP contribution in [0.3, 0.4) is 0 Å². The van der Waals surface area contributed by atoms with Crippen molar-refractivity contribution >= 4 is 6.03 Å². The molecule has 2 aromatic carbocycles. The minimum Gasteiger partial charge on any atom is -0.338 e. The van der Waals surface area contributed by atoms with Gasteiger partial charge in [0.1, 0.15) is 0 Å². The van der Waals surface area contributed by atoms with Crippen LogP contribution in [0.5, 0.6) is 0 Å². The Bertz CT molecular complexity index is 732. The Labute approximate surface area is 162 Å². The highest BCUT2D eigenvalue weighted by atomic mass is 16.2. The first-order chi connectivity index (χ1) is 13.3. The Morgan fingerprint density at radius 1 is 0.889 bits per heavy atom. The largest absolute Gasteiger partial charge is 0.338 e. The number of carbonyl (C=O) groups excluding carboxylic acids is 1. The highest BCUT2D eigenvalue weighted by Crippen LogP contribution is 2.27. The molecule has 0 aromatic heterocycles. The molecule has 0 unspecified atom stereocenters. The maximum Gasteiger partial charge on any atom is 0.315 e. The fraction of sp³-hybridized carbons (Fsp3) is 0.435. The Morgan fingerprint density at radius 3 is 2.22 bits per heavy atom. The second-order valence-electron chi connectivity index (χ2n) is 7.91. The number of benzene rings is 2. The Hall–Kier alpha value is -2.33. The van der Waals surface area contributed by atoms with E-state index in [9.17, 15) is 4.79 Å². The van der Waals surface area contributed by atoms with Gasteiger partial charge in [-0.1, -0.05) is 54.6 Å². The molecule has 2 N–H and O–H groups in total. The molecule has 4 heteroatoms. The van der Waals surface area contributed by atoms with E-state index in [4.69, 9.17) is 0 Å². The van der Waals surface area contributed by atoms with Crippen LogP contribution < -0.4 is 10.6 Å². The average Bonchev–Trinajstić information content (AvgIpc) is 3.54. The number of likely N-dealkylation sites (tertiary alicyclic amines) is 1. The number of carbonyl (C=O) groups is 1. The Kier molecular flexibility index (Phi) is 5.73. The van der Waals surface area contributed by atoms with Crippen molar-refractivity contribution in [2.45, 2.75) is 38.3 Å². The lowest BCUT2D eigenvalue weighted by Crippen LogP contribution is -2.48. The van der Waals surface area contributed by atoms with Gasteiger partial charge < -0.3 is 10.6 Å². The second kappa shape index (κ2) is 8.57. The van der Waals surface area contributed by atoms with E-state index in [0.717, 1.165) is 44.9 Å². The zero-order valence-corrected chi connectivity index (χ0v) is 15.9. The molecular formula is C23H29N3O. The predicted molar refractivity (Wildman–Crippen MR) is 109 cm³/mol. The van der Waals surface area contributed by atoms with Gasteiger partial charge in [0, 0.05) is 32.2 Å². The van der Waals surface area contributed by atoms with Crippen molar-refractivity contribution in [1.29, 1.82) is 0 Å². The number of nitrogens with one attached hydrogen (secondary N) is 2. The SMILES string of the molecule is O=C(NCC1CC1)NC1CCN(Cc2ccc(-c3ccccc3)cc2)CC1. The van der Waals surface area contributed by atoms with Gasteiger partial charge in [-0.05, 0) is 48.3 Å². The van der Waals surface area contributed by atoms with Gasteiger partial charge in [-0.15, -0.1) is 0 Å². The van der Waals surface area contributed by atoms with Crippen molar-refractivity contribution in [2.24, 2.45) is 5.92 Å². The smallest absolute Gasteiger partial charge is 0.315 e. The summed E-state index contributed by atoms with van der Waals surface area (Å²) in [5.41, 5.74) is 3.87. The molecule has 1 saturated carbocycles. The van der Waals surface area contributed by atoms with Crippen LogP contribution in [0.25, 0.3) is 11.1 Å². The standard InChI is InChI=1S/C23H29N3O/c27-23(24-16-18-6-7-18)25-22-12-14-26(15-13-22)17-19-8-10-21(11-9-19)20-4-2-1-3-5-20/h1-5,8-11,18,22H,6-7,12-17H2,(H2,24,25,27). The predicted octanol–water partition coefficient (Wildman–Crippen LogP) is 4.03. The fourth-order valence-electron chi connectivity index (χ4n) is 3.72. The van der Waals surface area contributed by atoms with Crippen molar-refractivity contribution in [3.8, 4) is 11.1 Å². The molecule has 4 rings (SSSR count). The fourth-order valence-corrected chi connectivity index (χ4v) is 3.72. The van der Waals surface area contributed by atoms with Crippen LogP contribution in [0.2, 0.25) is 0 Å². The van der Waals surface area contributed by atoms with Crippen LogP contribution >= 0.6 is 0 Å². The molecule has 2 aliphatic rings. The number of hydrogen-bond acceptors (Lipinski definition) is 2. The van der Waals surface area contributed by atoms with Gasteiger partial charge >= 0.3 is 6.03 Å². The van der Waals surface area contributed by atoms with Crippen molar-refractivity contribution in [1.82, 2.24) is 15.5 Å². The summed E-state index contributed by atoms with van der Waals surface area (Å²) in [6.45, 7) is 3.89. The van der Waals surface area contributed by atoms with E-state index in [1.165, 1.54) is 29.5 Å². The third kappa shape index (κ3) is 5.33. The maximum atomic E-state index is 11.9. The minimum atomic E-state index is 0.0110. The highest BCUT2D eigenvalue weighted by Gasteiger charge is 2.23. The van der Waals surface area contributed by atoms with Crippen molar-refractivity contribution in [3.63, 3.8) is 0 Å². The van der Waals surface area contributed by atoms with Crippen molar-refractivity contribution in [2.75, 3.05) is 19.6 Å². The van der Waals surface area contributed by atoms with Gasteiger partial charge in [-0.3, -0.25) is 4.90 Å². The lowest BCUT2D eigenvalue weighted by Gasteiger charge is -2.32. The number of nitrogens with zero attached hydrogens (tertiary/aromatic N) is 1. The van der Waals surface area contributed by atoms with Crippen LogP contribution in [-0.2, 0) is 6.54 Å². The van der Waals surface area contributed by atoms with E-state index in [1.54, 1.807) is 0 Å². The van der Waals surface area contributed by atoms with E-state index >= 15 is 0 Å². The molecule has 4 nitrogen and oxygen atoms in total. The van der Waals surface area contributed by atoms with Gasteiger partial charge in [0.05, 0.1) is 0 Å². The van der Waals surface area contributed by atoms with Crippen LogP contribution in [0.1, 0.15) is 31.2 Å². The second-order valence-corrected chi connectivity index (χ2v) is 7.91. The molecule has 0 bridgehead atoms. The van der Waals surface area contributed by atoms with Crippen LogP contribution in [-0.4, -0.2) is 36.6 Å². The molecule has 1 aliphatic heterocycles. The summed E-state index contributed by atoms with van der Waals surface area (Å²) < 4.78 is 0. The van der Waals surface area contributed by atoms with Crippen molar-refractivity contribution < 1.29 is 4.79 Å².